The number of rotatable bonds is 8. The lowest BCUT2D eigenvalue weighted by molar-refractivity contribution is -0.121. The van der Waals surface area contributed by atoms with Gasteiger partial charge in [-0.15, -0.1) is 16.8 Å². The molecule has 0 radical (unpaired) electrons. The monoisotopic (exact) mass is 340 g/mol. The highest BCUT2D eigenvalue weighted by Crippen LogP contribution is 2.32. The van der Waals surface area contributed by atoms with Crippen molar-refractivity contribution in [2.75, 3.05) is 11.9 Å². The predicted molar refractivity (Wildman–Crippen MR) is 93.5 cm³/mol. The van der Waals surface area contributed by atoms with Crippen molar-refractivity contribution in [1.29, 1.82) is 0 Å². The Bertz CT molecular complexity index is 497. The van der Waals surface area contributed by atoms with Gasteiger partial charge in [0.2, 0.25) is 11.0 Å². The van der Waals surface area contributed by atoms with Crippen molar-refractivity contribution >= 4 is 34.1 Å². The summed E-state index contributed by atoms with van der Waals surface area (Å²) in [6.07, 6.45) is 6.43. The molecule has 0 aromatic carbocycles. The van der Waals surface area contributed by atoms with Crippen LogP contribution in [0.1, 0.15) is 39.5 Å². The highest BCUT2D eigenvalue weighted by molar-refractivity contribution is 8.02. The van der Waals surface area contributed by atoms with Crippen molar-refractivity contribution in [1.82, 2.24) is 15.5 Å². The van der Waals surface area contributed by atoms with Crippen LogP contribution in [-0.2, 0) is 4.79 Å². The van der Waals surface area contributed by atoms with Gasteiger partial charge in [-0.2, -0.15) is 0 Å². The maximum atomic E-state index is 12.5. The molecule has 0 bridgehead atoms. The van der Waals surface area contributed by atoms with Crippen LogP contribution in [0.5, 0.6) is 0 Å². The van der Waals surface area contributed by atoms with Crippen molar-refractivity contribution in [3.63, 3.8) is 0 Å². The fraction of sp³-hybridized carbons (Fsp3) is 0.667. The Balaban J connectivity index is 1.93. The van der Waals surface area contributed by atoms with Crippen molar-refractivity contribution in [2.24, 2.45) is 5.92 Å². The molecule has 1 aliphatic rings. The molecular weight excluding hydrogens is 316 g/mol. The number of nitrogens with one attached hydrogen (secondary N) is 2. The van der Waals surface area contributed by atoms with E-state index in [2.05, 4.69) is 41.3 Å². The Labute approximate surface area is 140 Å². The first kappa shape index (κ1) is 17.3. The highest BCUT2D eigenvalue weighted by atomic mass is 32.2. The second-order valence-electron chi connectivity index (χ2n) is 5.82. The molecule has 5 nitrogen and oxygen atoms in total. The van der Waals surface area contributed by atoms with Crippen LogP contribution in [0.15, 0.2) is 17.0 Å². The Hall–Kier alpha value is -1.08. The number of hydrogen-bond donors (Lipinski definition) is 2. The SMILES string of the molecule is C=CCNc1nnc(SC(C(=O)NC2CCCC2)C(C)C)s1. The van der Waals surface area contributed by atoms with E-state index < -0.39 is 0 Å². The van der Waals surface area contributed by atoms with Crippen LogP contribution in [0.4, 0.5) is 5.13 Å². The molecule has 1 saturated carbocycles. The van der Waals surface area contributed by atoms with Crippen LogP contribution >= 0.6 is 23.1 Å². The number of carbonyl (C=O) groups excluding carboxylic acids is 1. The Morgan fingerprint density at radius 1 is 1.45 bits per heavy atom. The second kappa shape index (κ2) is 8.53. The van der Waals surface area contributed by atoms with Crippen LogP contribution in [0.3, 0.4) is 0 Å². The molecule has 7 heteroatoms. The van der Waals surface area contributed by atoms with Gasteiger partial charge >= 0.3 is 0 Å². The number of anilines is 1. The molecule has 1 aliphatic carbocycles. The molecule has 1 fully saturated rings. The van der Waals surface area contributed by atoms with Gasteiger partial charge in [-0.1, -0.05) is 55.9 Å². The van der Waals surface area contributed by atoms with Gasteiger partial charge in [0, 0.05) is 12.6 Å². The third-order valence-corrected chi connectivity index (χ3v) is 6.11. The lowest BCUT2D eigenvalue weighted by Crippen LogP contribution is -2.40. The molecule has 1 heterocycles. The maximum absolute atomic E-state index is 12.5. The van der Waals surface area contributed by atoms with Crippen LogP contribution in [0.2, 0.25) is 0 Å². The van der Waals surface area contributed by atoms with E-state index in [1.807, 2.05) is 0 Å². The summed E-state index contributed by atoms with van der Waals surface area (Å²) >= 11 is 2.99. The number of nitrogens with zero attached hydrogens (tertiary/aromatic N) is 2. The van der Waals surface area contributed by atoms with Gasteiger partial charge in [0.1, 0.15) is 0 Å². The minimum atomic E-state index is -0.124. The molecule has 22 heavy (non-hydrogen) atoms. The molecule has 1 aromatic heterocycles. The minimum Gasteiger partial charge on any atom is -0.357 e. The highest BCUT2D eigenvalue weighted by Gasteiger charge is 2.28. The average Bonchev–Trinajstić information content (AvgIpc) is 3.13. The molecule has 122 valence electrons. The van der Waals surface area contributed by atoms with E-state index in [0.717, 1.165) is 22.3 Å². The van der Waals surface area contributed by atoms with Crippen LogP contribution in [0, 0.1) is 5.92 Å². The smallest absolute Gasteiger partial charge is 0.234 e. The number of amides is 1. The fourth-order valence-corrected chi connectivity index (χ4v) is 4.42. The first-order valence-corrected chi connectivity index (χ1v) is 9.45. The van der Waals surface area contributed by atoms with Gasteiger partial charge in [0.15, 0.2) is 4.34 Å². The van der Waals surface area contributed by atoms with Crippen molar-refractivity contribution < 1.29 is 4.79 Å². The normalized spacial score (nSPS) is 16.7. The zero-order valence-corrected chi connectivity index (χ0v) is 14.8. The lowest BCUT2D eigenvalue weighted by atomic mass is 10.1. The topological polar surface area (TPSA) is 66.9 Å². The predicted octanol–water partition coefficient (Wildman–Crippen LogP) is 3.31. The molecular formula is C15H24N4OS2. The van der Waals surface area contributed by atoms with Gasteiger partial charge in [0.25, 0.3) is 0 Å². The molecule has 1 amide bonds. The van der Waals surface area contributed by atoms with Gasteiger partial charge in [0.05, 0.1) is 5.25 Å². The third kappa shape index (κ3) is 4.98. The van der Waals surface area contributed by atoms with E-state index in [-0.39, 0.29) is 17.1 Å². The summed E-state index contributed by atoms with van der Waals surface area (Å²) in [5, 5.41) is 15.2. The van der Waals surface area contributed by atoms with Crippen LogP contribution in [-0.4, -0.2) is 33.9 Å². The summed E-state index contributed by atoms with van der Waals surface area (Å²) in [6, 6.07) is 0.355. The third-order valence-electron chi connectivity index (χ3n) is 3.60. The first-order chi connectivity index (χ1) is 10.6. The van der Waals surface area contributed by atoms with E-state index in [0.29, 0.717) is 12.6 Å². The molecule has 1 atom stereocenters. The quantitative estimate of drug-likeness (QED) is 0.561. The zero-order chi connectivity index (χ0) is 15.9. The molecule has 0 spiro atoms. The second-order valence-corrected chi connectivity index (χ2v) is 8.18. The summed E-state index contributed by atoms with van der Waals surface area (Å²) in [5.41, 5.74) is 0. The molecule has 0 saturated heterocycles. The molecule has 2 rings (SSSR count). The van der Waals surface area contributed by atoms with Gasteiger partial charge in [-0.25, -0.2) is 0 Å². The molecule has 1 aromatic rings. The Morgan fingerprint density at radius 2 is 2.18 bits per heavy atom. The van der Waals surface area contributed by atoms with E-state index >= 15 is 0 Å². The maximum Gasteiger partial charge on any atom is 0.234 e. The minimum absolute atomic E-state index is 0.124. The van der Waals surface area contributed by atoms with Crippen LogP contribution < -0.4 is 10.6 Å². The van der Waals surface area contributed by atoms with Crippen LogP contribution in [0.25, 0.3) is 0 Å². The summed E-state index contributed by atoms with van der Waals surface area (Å²) in [5.74, 6) is 0.377. The lowest BCUT2D eigenvalue weighted by Gasteiger charge is -2.21. The largest absolute Gasteiger partial charge is 0.357 e. The van der Waals surface area contributed by atoms with E-state index in [1.54, 1.807) is 6.08 Å². The average molecular weight is 341 g/mol. The summed E-state index contributed by atoms with van der Waals surface area (Å²) in [4.78, 5) is 12.5. The van der Waals surface area contributed by atoms with E-state index in [4.69, 9.17) is 0 Å². The summed E-state index contributed by atoms with van der Waals surface area (Å²) < 4.78 is 0.826. The first-order valence-electron chi connectivity index (χ1n) is 7.75. The number of hydrogen-bond acceptors (Lipinski definition) is 6. The standard InChI is InChI=1S/C15H24N4OS2/c1-4-9-16-14-18-19-15(22-14)21-12(10(2)3)13(20)17-11-7-5-6-8-11/h4,10-12H,1,5-9H2,2-3H3,(H,16,18)(H,17,20). The van der Waals surface area contributed by atoms with E-state index in [1.165, 1.54) is 35.9 Å². The Kier molecular flexibility index (Phi) is 6.70. The Morgan fingerprint density at radius 3 is 2.82 bits per heavy atom. The number of thioether (sulfide) groups is 1. The molecule has 1 unspecified atom stereocenters. The fourth-order valence-electron chi connectivity index (χ4n) is 2.44. The van der Waals surface area contributed by atoms with Crippen molar-refractivity contribution in [3.05, 3.63) is 12.7 Å². The molecule has 0 aliphatic heterocycles. The van der Waals surface area contributed by atoms with Crippen molar-refractivity contribution in [2.45, 2.75) is 55.2 Å². The number of carbonyl (C=O) groups is 1. The summed E-state index contributed by atoms with van der Waals surface area (Å²) in [6.45, 7) is 8.47. The van der Waals surface area contributed by atoms with Gasteiger partial charge < -0.3 is 10.6 Å². The molecule has 2 N–H and O–H groups in total. The van der Waals surface area contributed by atoms with E-state index in [9.17, 15) is 4.79 Å². The zero-order valence-electron chi connectivity index (χ0n) is 13.2. The number of aromatic nitrogens is 2. The van der Waals surface area contributed by atoms with Gasteiger partial charge in [-0.3, -0.25) is 4.79 Å². The summed E-state index contributed by atoms with van der Waals surface area (Å²) in [7, 11) is 0. The van der Waals surface area contributed by atoms with Crippen molar-refractivity contribution in [3.8, 4) is 0 Å². The van der Waals surface area contributed by atoms with Gasteiger partial charge in [-0.05, 0) is 18.8 Å².